The number of hydrogen-bond donors (Lipinski definition) is 4. The summed E-state index contributed by atoms with van der Waals surface area (Å²) in [4.78, 5) is 41.0. The van der Waals surface area contributed by atoms with E-state index in [1.165, 1.54) is 5.01 Å². The zero-order valence-electron chi connectivity index (χ0n) is 24.5. The van der Waals surface area contributed by atoms with Crippen molar-refractivity contribution in [1.29, 1.82) is 0 Å². The highest BCUT2D eigenvalue weighted by Gasteiger charge is 2.23. The van der Waals surface area contributed by atoms with Crippen molar-refractivity contribution in [1.82, 2.24) is 19.8 Å². The fourth-order valence-electron chi connectivity index (χ4n) is 4.84. The van der Waals surface area contributed by atoms with Crippen LogP contribution in [0.5, 0.6) is 0 Å². The molecule has 3 heterocycles. The molecule has 0 saturated carbocycles. The van der Waals surface area contributed by atoms with Crippen LogP contribution < -0.4 is 32.1 Å². The first-order chi connectivity index (χ1) is 20.3. The van der Waals surface area contributed by atoms with Gasteiger partial charge in [0.15, 0.2) is 17.5 Å². The normalized spacial score (nSPS) is 15.4. The van der Waals surface area contributed by atoms with Crippen LogP contribution >= 0.6 is 24.0 Å². The summed E-state index contributed by atoms with van der Waals surface area (Å²) in [5, 5.41) is 7.14. The molecule has 3 amide bonds. The van der Waals surface area contributed by atoms with E-state index in [4.69, 9.17) is 21.3 Å². The predicted octanol–water partition coefficient (Wildman–Crippen LogP) is 3.40. The third-order valence-corrected chi connectivity index (χ3v) is 7.41. The summed E-state index contributed by atoms with van der Waals surface area (Å²) >= 11 is 0. The van der Waals surface area contributed by atoms with E-state index in [9.17, 15) is 9.59 Å². The Kier molecular flexibility index (Phi) is 11.0. The third kappa shape index (κ3) is 7.81. The molecule has 2 fully saturated rings. The number of rotatable bonds is 7. The molecule has 0 spiro atoms. The molecular weight excluding hydrogens is 663 g/mol. The second-order valence-electron chi connectivity index (χ2n) is 10.3. The quantitative estimate of drug-likeness (QED) is 0.163. The highest BCUT2D eigenvalue weighted by Crippen LogP contribution is 2.32. The van der Waals surface area contributed by atoms with Gasteiger partial charge in [0.2, 0.25) is 0 Å². The largest absolute Gasteiger partial charge is 0.393 e. The van der Waals surface area contributed by atoms with E-state index in [1.54, 1.807) is 36.4 Å². The molecule has 0 bridgehead atoms. The molecule has 2 aliphatic heterocycles. The number of carbonyl (C=O) groups excluding carboxylic acids is 2. The van der Waals surface area contributed by atoms with E-state index >= 15 is 0 Å². The molecule has 1 aromatic heterocycles. The number of benzene rings is 2. The van der Waals surface area contributed by atoms with Crippen molar-refractivity contribution in [3.05, 3.63) is 54.1 Å². The summed E-state index contributed by atoms with van der Waals surface area (Å²) in [5.41, 5.74) is 9.39. The maximum absolute atomic E-state index is 12.8. The molecule has 0 radical (unpaired) electrons. The van der Waals surface area contributed by atoms with Crippen LogP contribution in [0.25, 0.3) is 11.4 Å². The Labute approximate surface area is 271 Å². The summed E-state index contributed by atoms with van der Waals surface area (Å²) in [7, 11) is 2.05. The number of nitrogens with zero attached hydrogens (tertiary/aromatic N) is 6. The first-order valence-electron chi connectivity index (χ1n) is 14.1. The van der Waals surface area contributed by atoms with Crippen LogP contribution in [0.3, 0.4) is 0 Å². The van der Waals surface area contributed by atoms with E-state index in [2.05, 4.69) is 32.5 Å². The van der Waals surface area contributed by atoms with E-state index in [0.29, 0.717) is 86.0 Å². The van der Waals surface area contributed by atoms with Crippen molar-refractivity contribution < 1.29 is 17.2 Å². The zero-order valence-corrected chi connectivity index (χ0v) is 26.8. The minimum Gasteiger partial charge on any atom is -0.393 e. The SMILES string of the molecule is CCN(N)c1nc(-c2ccc(NC(=O)Nc3ccc(C(=O)N4CCN(C)CC4)cc3)cc2)nc(N2CCOCC2)c1N.I.[HH].[HH]. The molecule has 2 aromatic carbocycles. The number of carbonyl (C=O) groups is 2. The number of hydrazine groups is 1. The highest BCUT2D eigenvalue weighted by molar-refractivity contribution is 14.0. The summed E-state index contributed by atoms with van der Waals surface area (Å²) < 4.78 is 5.48. The monoisotopic (exact) mass is 706 g/mol. The fraction of sp³-hybridized carbons (Fsp3) is 0.379. The lowest BCUT2D eigenvalue weighted by Gasteiger charge is -2.32. The molecule has 14 heteroatoms. The number of aromatic nitrogens is 2. The number of ether oxygens (including phenoxy) is 1. The first-order valence-corrected chi connectivity index (χ1v) is 14.1. The molecule has 2 aliphatic rings. The minimum atomic E-state index is -0.400. The summed E-state index contributed by atoms with van der Waals surface area (Å²) in [6, 6.07) is 13.7. The lowest BCUT2D eigenvalue weighted by molar-refractivity contribution is 0.0664. The van der Waals surface area contributed by atoms with Crippen LogP contribution in [0.15, 0.2) is 48.5 Å². The van der Waals surface area contributed by atoms with Gasteiger partial charge in [0.1, 0.15) is 5.69 Å². The van der Waals surface area contributed by atoms with E-state index in [-0.39, 0.29) is 32.7 Å². The van der Waals surface area contributed by atoms with E-state index in [0.717, 1.165) is 18.7 Å². The first kappa shape index (κ1) is 32.2. The van der Waals surface area contributed by atoms with Crippen molar-refractivity contribution in [3.63, 3.8) is 0 Å². The second-order valence-corrected chi connectivity index (χ2v) is 10.3. The van der Waals surface area contributed by atoms with E-state index < -0.39 is 6.03 Å². The lowest BCUT2D eigenvalue weighted by Crippen LogP contribution is -2.47. The average Bonchev–Trinajstić information content (AvgIpc) is 3.02. The fourth-order valence-corrected chi connectivity index (χ4v) is 4.84. The summed E-state index contributed by atoms with van der Waals surface area (Å²) in [5.74, 6) is 7.76. The molecule has 0 unspecified atom stereocenters. The number of nitrogens with two attached hydrogens (primary N) is 2. The Balaban J connectivity index is 0.00000235. The number of urea groups is 1. The Morgan fingerprint density at radius 3 is 2.09 bits per heavy atom. The van der Waals surface area contributed by atoms with Gasteiger partial charge in [-0.2, -0.15) is 0 Å². The molecule has 5 rings (SSSR count). The van der Waals surface area contributed by atoms with Crippen LogP contribution in [-0.2, 0) is 4.74 Å². The topological polar surface area (TPSA) is 158 Å². The Morgan fingerprint density at radius 2 is 1.51 bits per heavy atom. The van der Waals surface area contributed by atoms with Gasteiger partial charge in [0.25, 0.3) is 5.91 Å². The van der Waals surface area contributed by atoms with Crippen LogP contribution in [0.1, 0.15) is 20.1 Å². The minimum absolute atomic E-state index is 0. The molecule has 2 saturated heterocycles. The Morgan fingerprint density at radius 1 is 0.930 bits per heavy atom. The standard InChI is InChI=1S/C29H38N10O3.HI.2H2/c1-3-39(31)27-24(30)26(37-16-18-42-19-17-37)34-25(35-27)20-4-8-22(9-5-20)32-29(41)33-23-10-6-21(7-11-23)28(40)38-14-12-36(2)13-15-38;;;/h4-11H,3,12-19,30-31H2,1-2H3,(H2,32,33,41);3*1H. The second kappa shape index (κ2) is 14.6. The molecule has 0 aliphatic carbocycles. The van der Waals surface area contributed by atoms with Gasteiger partial charge in [-0.15, -0.1) is 24.0 Å². The van der Waals surface area contributed by atoms with Crippen molar-refractivity contribution in [2.24, 2.45) is 5.84 Å². The van der Waals surface area contributed by atoms with Gasteiger partial charge in [-0.1, -0.05) is 0 Å². The van der Waals surface area contributed by atoms with Crippen LogP contribution in [0, 0.1) is 0 Å². The number of piperazine rings is 1. The van der Waals surface area contributed by atoms with Gasteiger partial charge < -0.3 is 35.8 Å². The molecule has 43 heavy (non-hydrogen) atoms. The smallest absolute Gasteiger partial charge is 0.323 e. The van der Waals surface area contributed by atoms with Gasteiger partial charge in [-0.3, -0.25) is 9.80 Å². The number of amides is 3. The molecule has 13 nitrogen and oxygen atoms in total. The Bertz CT molecular complexity index is 1400. The summed E-state index contributed by atoms with van der Waals surface area (Å²) in [6.07, 6.45) is 0. The van der Waals surface area contributed by atoms with Gasteiger partial charge in [-0.25, -0.2) is 20.6 Å². The van der Waals surface area contributed by atoms with Crippen molar-refractivity contribution in [2.75, 3.05) is 92.4 Å². The third-order valence-electron chi connectivity index (χ3n) is 7.41. The number of anilines is 5. The molecule has 6 N–H and O–H groups in total. The molecule has 234 valence electrons. The molecular formula is C29H43IN10O3. The number of nitrogens with one attached hydrogen (secondary N) is 2. The average molecular weight is 707 g/mol. The summed E-state index contributed by atoms with van der Waals surface area (Å²) in [6.45, 7) is 8.12. The van der Waals surface area contributed by atoms with E-state index in [1.807, 2.05) is 24.0 Å². The maximum atomic E-state index is 12.8. The van der Waals surface area contributed by atoms with Crippen LogP contribution in [0.2, 0.25) is 0 Å². The van der Waals surface area contributed by atoms with Gasteiger partial charge in [-0.05, 0) is 62.5 Å². The number of hydrogen-bond acceptors (Lipinski definition) is 10. The number of morpholine rings is 1. The van der Waals surface area contributed by atoms with Crippen LogP contribution in [0.4, 0.5) is 33.5 Å². The van der Waals surface area contributed by atoms with Crippen LogP contribution in [-0.4, -0.2) is 97.8 Å². The molecule has 0 atom stereocenters. The number of halogens is 1. The zero-order chi connectivity index (χ0) is 29.6. The maximum Gasteiger partial charge on any atom is 0.323 e. The molecule has 3 aromatic rings. The van der Waals surface area contributed by atoms with Gasteiger partial charge in [0, 0.05) is 71.2 Å². The van der Waals surface area contributed by atoms with Gasteiger partial charge in [0.05, 0.1) is 13.2 Å². The highest BCUT2D eigenvalue weighted by atomic mass is 127. The number of likely N-dealkylation sites (N-methyl/N-ethyl adjacent to an activating group) is 1. The van der Waals surface area contributed by atoms with Gasteiger partial charge >= 0.3 is 6.03 Å². The lowest BCUT2D eigenvalue weighted by atomic mass is 10.1. The number of nitrogen functional groups attached to an aromatic ring is 1. The van der Waals surface area contributed by atoms with Crippen molar-refractivity contribution >= 4 is 64.6 Å². The predicted molar refractivity (Wildman–Crippen MR) is 184 cm³/mol. The van der Waals surface area contributed by atoms with Crippen molar-refractivity contribution in [3.8, 4) is 11.4 Å². The Hall–Kier alpha value is -3.73. The van der Waals surface area contributed by atoms with Crippen molar-refractivity contribution in [2.45, 2.75) is 6.92 Å².